The number of hydrogen-bond donors (Lipinski definition) is 1. The second kappa shape index (κ2) is 7.39. The number of nitrogens with two attached hydrogens (primary N) is 1. The van der Waals surface area contributed by atoms with Gasteiger partial charge in [0.15, 0.2) is 5.75 Å². The summed E-state index contributed by atoms with van der Waals surface area (Å²) in [6.45, 7) is -0.0786. The van der Waals surface area contributed by atoms with Crippen molar-refractivity contribution in [2.75, 3.05) is 13.2 Å². The lowest BCUT2D eigenvalue weighted by atomic mass is 10.3. The monoisotopic (exact) mass is 273 g/mol. The number of aromatic nitrogens is 2. The van der Waals surface area contributed by atoms with E-state index in [0.29, 0.717) is 18.9 Å². The highest BCUT2D eigenvalue weighted by molar-refractivity contribution is 5.85. The van der Waals surface area contributed by atoms with Crippen molar-refractivity contribution in [3.05, 3.63) is 12.4 Å². The largest absolute Gasteiger partial charge is 0.490 e. The Morgan fingerprint density at radius 3 is 2.65 bits per heavy atom. The van der Waals surface area contributed by atoms with Crippen LogP contribution in [0.25, 0.3) is 0 Å². The first-order valence-electron chi connectivity index (χ1n) is 4.93. The first-order valence-corrected chi connectivity index (χ1v) is 4.93. The van der Waals surface area contributed by atoms with E-state index in [0.717, 1.165) is 17.5 Å². The second-order valence-electron chi connectivity index (χ2n) is 3.33. The van der Waals surface area contributed by atoms with Crippen LogP contribution in [0.4, 0.5) is 13.2 Å². The molecule has 8 heteroatoms. The van der Waals surface area contributed by atoms with Gasteiger partial charge in [0, 0.05) is 0 Å². The van der Waals surface area contributed by atoms with Crippen molar-refractivity contribution in [3.63, 3.8) is 0 Å². The van der Waals surface area contributed by atoms with E-state index in [2.05, 4.69) is 5.10 Å². The zero-order valence-corrected chi connectivity index (χ0v) is 9.93. The van der Waals surface area contributed by atoms with Crippen molar-refractivity contribution in [3.8, 4) is 5.75 Å². The van der Waals surface area contributed by atoms with Gasteiger partial charge < -0.3 is 10.5 Å². The number of hydrogen-bond acceptors (Lipinski definition) is 3. The van der Waals surface area contributed by atoms with Gasteiger partial charge >= 0.3 is 6.18 Å². The molecule has 0 bridgehead atoms. The van der Waals surface area contributed by atoms with E-state index in [1.165, 1.54) is 12.4 Å². The maximum atomic E-state index is 12.0. The highest BCUT2D eigenvalue weighted by Gasteiger charge is 2.28. The van der Waals surface area contributed by atoms with Crippen molar-refractivity contribution < 1.29 is 17.9 Å². The van der Waals surface area contributed by atoms with Gasteiger partial charge in [0.05, 0.1) is 19.0 Å². The van der Waals surface area contributed by atoms with Gasteiger partial charge in [-0.2, -0.15) is 18.3 Å². The van der Waals surface area contributed by atoms with Crippen molar-refractivity contribution in [1.29, 1.82) is 0 Å². The molecule has 4 nitrogen and oxygen atoms in total. The van der Waals surface area contributed by atoms with Crippen LogP contribution in [0.3, 0.4) is 0 Å². The van der Waals surface area contributed by atoms with Crippen molar-refractivity contribution in [2.24, 2.45) is 5.73 Å². The lowest BCUT2D eigenvalue weighted by Gasteiger charge is -2.05. The van der Waals surface area contributed by atoms with Crippen LogP contribution in [0.2, 0.25) is 0 Å². The minimum absolute atomic E-state index is 0. The van der Waals surface area contributed by atoms with Crippen LogP contribution >= 0.6 is 12.4 Å². The standard InChI is InChI=1S/C9H14F3N3O.ClH/c10-9(11,12)7-15-6-8(5-14-15)16-4-2-1-3-13;/h5-6H,1-4,7,13H2;1H. The Hall–Kier alpha value is -0.950. The summed E-state index contributed by atoms with van der Waals surface area (Å²) in [5.41, 5.74) is 5.28. The summed E-state index contributed by atoms with van der Waals surface area (Å²) in [7, 11) is 0. The Balaban J connectivity index is 0.00000256. The minimum atomic E-state index is -4.26. The van der Waals surface area contributed by atoms with Gasteiger partial charge in [-0.3, -0.25) is 4.68 Å². The van der Waals surface area contributed by atoms with Gasteiger partial charge in [-0.1, -0.05) is 0 Å². The van der Waals surface area contributed by atoms with Crippen LogP contribution in [-0.2, 0) is 6.54 Å². The molecule has 0 saturated carbocycles. The molecule has 17 heavy (non-hydrogen) atoms. The fourth-order valence-corrected chi connectivity index (χ4v) is 1.13. The summed E-state index contributed by atoms with van der Waals surface area (Å²) in [5, 5.41) is 3.55. The predicted octanol–water partition coefficient (Wildman–Crippen LogP) is 1.98. The minimum Gasteiger partial charge on any atom is -0.490 e. The zero-order chi connectivity index (χ0) is 12.0. The molecule has 2 N–H and O–H groups in total. The average molecular weight is 274 g/mol. The SMILES string of the molecule is Cl.NCCCCOc1cnn(CC(F)(F)F)c1. The van der Waals surface area contributed by atoms with Crippen LogP contribution in [0.15, 0.2) is 12.4 Å². The van der Waals surface area contributed by atoms with Crippen LogP contribution < -0.4 is 10.5 Å². The Morgan fingerprint density at radius 1 is 1.35 bits per heavy atom. The first-order chi connectivity index (χ1) is 7.51. The van der Waals surface area contributed by atoms with Gasteiger partial charge in [-0.25, -0.2) is 0 Å². The van der Waals surface area contributed by atoms with E-state index in [1.54, 1.807) is 0 Å². The number of halogens is 4. The van der Waals surface area contributed by atoms with E-state index in [9.17, 15) is 13.2 Å². The third-order valence-electron chi connectivity index (χ3n) is 1.82. The number of nitrogens with zero attached hydrogens (tertiary/aromatic N) is 2. The molecule has 100 valence electrons. The molecule has 0 atom stereocenters. The Morgan fingerprint density at radius 2 is 2.06 bits per heavy atom. The third-order valence-corrected chi connectivity index (χ3v) is 1.82. The maximum absolute atomic E-state index is 12.0. The summed E-state index contributed by atoms with van der Waals surface area (Å²) < 4.78 is 42.0. The van der Waals surface area contributed by atoms with Crippen molar-refractivity contribution >= 4 is 12.4 Å². The molecule has 0 fully saturated rings. The van der Waals surface area contributed by atoms with Crippen LogP contribution in [0.1, 0.15) is 12.8 Å². The van der Waals surface area contributed by atoms with Gasteiger partial charge in [-0.05, 0) is 19.4 Å². The second-order valence-corrected chi connectivity index (χ2v) is 3.33. The lowest BCUT2D eigenvalue weighted by Crippen LogP contribution is -2.17. The smallest absolute Gasteiger partial charge is 0.408 e. The van der Waals surface area contributed by atoms with Crippen LogP contribution in [-0.4, -0.2) is 29.1 Å². The quantitative estimate of drug-likeness (QED) is 0.807. The van der Waals surface area contributed by atoms with Crippen LogP contribution in [0.5, 0.6) is 5.75 Å². The van der Waals surface area contributed by atoms with E-state index in [1.807, 2.05) is 0 Å². The Kier molecular flexibility index (Phi) is 6.98. The van der Waals surface area contributed by atoms with E-state index in [-0.39, 0.29) is 12.4 Å². The molecule has 0 unspecified atom stereocenters. The van der Waals surface area contributed by atoms with Gasteiger partial charge in [-0.15, -0.1) is 12.4 Å². The summed E-state index contributed by atoms with van der Waals surface area (Å²) >= 11 is 0. The summed E-state index contributed by atoms with van der Waals surface area (Å²) in [6, 6.07) is 0. The van der Waals surface area contributed by atoms with E-state index >= 15 is 0 Å². The highest BCUT2D eigenvalue weighted by Crippen LogP contribution is 2.18. The van der Waals surface area contributed by atoms with E-state index < -0.39 is 12.7 Å². The molecule has 0 aliphatic heterocycles. The molecule has 1 rings (SSSR count). The molecule has 0 radical (unpaired) electrons. The molecular formula is C9H15ClF3N3O. The van der Waals surface area contributed by atoms with Gasteiger partial charge in [0.1, 0.15) is 6.54 Å². The van der Waals surface area contributed by atoms with Crippen LogP contribution in [0, 0.1) is 0 Å². The first kappa shape index (κ1) is 16.1. The molecule has 0 aromatic carbocycles. The highest BCUT2D eigenvalue weighted by atomic mass is 35.5. The molecule has 1 aromatic rings. The van der Waals surface area contributed by atoms with Crippen molar-refractivity contribution in [1.82, 2.24) is 9.78 Å². The number of unbranched alkanes of at least 4 members (excludes halogenated alkanes) is 1. The molecule has 0 saturated heterocycles. The topological polar surface area (TPSA) is 53.1 Å². The molecule has 0 aliphatic rings. The fraction of sp³-hybridized carbons (Fsp3) is 0.667. The molecule has 1 heterocycles. The molecule has 0 aliphatic carbocycles. The summed E-state index contributed by atoms with van der Waals surface area (Å²) in [6.07, 6.45) is -0.148. The zero-order valence-electron chi connectivity index (χ0n) is 9.11. The number of ether oxygens (including phenoxy) is 1. The van der Waals surface area contributed by atoms with Gasteiger partial charge in [0.2, 0.25) is 0 Å². The van der Waals surface area contributed by atoms with Gasteiger partial charge in [0.25, 0.3) is 0 Å². The predicted molar refractivity (Wildman–Crippen MR) is 59.3 cm³/mol. The molecular weight excluding hydrogens is 259 g/mol. The molecule has 1 aromatic heterocycles. The third kappa shape index (κ3) is 7.06. The Bertz CT molecular complexity index is 317. The normalized spacial score (nSPS) is 11.1. The van der Waals surface area contributed by atoms with E-state index in [4.69, 9.17) is 10.5 Å². The summed E-state index contributed by atoms with van der Waals surface area (Å²) in [4.78, 5) is 0. The molecule has 0 spiro atoms. The van der Waals surface area contributed by atoms with Crippen molar-refractivity contribution in [2.45, 2.75) is 25.6 Å². The number of alkyl halides is 3. The maximum Gasteiger partial charge on any atom is 0.408 e. The summed E-state index contributed by atoms with van der Waals surface area (Å²) in [5.74, 6) is 0.348. The molecule has 0 amide bonds. The lowest BCUT2D eigenvalue weighted by molar-refractivity contribution is -0.142. The Labute approximate surface area is 103 Å². The number of rotatable bonds is 6. The average Bonchev–Trinajstić information content (AvgIpc) is 2.58. The fourth-order valence-electron chi connectivity index (χ4n) is 1.13.